The van der Waals surface area contributed by atoms with Crippen molar-refractivity contribution in [1.82, 2.24) is 4.90 Å². The molecular formula is C21H23NO3S. The van der Waals surface area contributed by atoms with Gasteiger partial charge in [0, 0.05) is 23.6 Å². The Labute approximate surface area is 158 Å². The summed E-state index contributed by atoms with van der Waals surface area (Å²) in [6.07, 6.45) is 2.63. The van der Waals surface area contributed by atoms with Gasteiger partial charge >= 0.3 is 0 Å². The SMILES string of the molecule is O=C(CCSc1ccccc1)N1CCCC1c1ccc2c(c1)OCCO2. The molecule has 0 N–H and O–H groups in total. The number of carbonyl (C=O) groups excluding carboxylic acids is 1. The number of rotatable bonds is 5. The van der Waals surface area contributed by atoms with Gasteiger partial charge in [-0.1, -0.05) is 24.3 Å². The number of hydrogen-bond acceptors (Lipinski definition) is 4. The highest BCUT2D eigenvalue weighted by Gasteiger charge is 2.30. The number of nitrogens with zero attached hydrogens (tertiary/aromatic N) is 1. The molecule has 5 heteroatoms. The zero-order valence-corrected chi connectivity index (χ0v) is 15.5. The monoisotopic (exact) mass is 369 g/mol. The third-order valence-electron chi connectivity index (χ3n) is 4.85. The van der Waals surface area contributed by atoms with Crippen LogP contribution in [0, 0.1) is 0 Å². The number of ether oxygens (including phenoxy) is 2. The van der Waals surface area contributed by atoms with Crippen molar-refractivity contribution < 1.29 is 14.3 Å². The lowest BCUT2D eigenvalue weighted by Gasteiger charge is -2.27. The summed E-state index contributed by atoms with van der Waals surface area (Å²) >= 11 is 1.74. The lowest BCUT2D eigenvalue weighted by molar-refractivity contribution is -0.131. The molecule has 2 heterocycles. The van der Waals surface area contributed by atoms with E-state index in [1.54, 1.807) is 11.8 Å². The molecule has 0 aliphatic carbocycles. The predicted molar refractivity (Wildman–Crippen MR) is 103 cm³/mol. The quantitative estimate of drug-likeness (QED) is 0.737. The van der Waals surface area contributed by atoms with E-state index in [1.807, 2.05) is 35.2 Å². The molecule has 0 spiro atoms. The van der Waals surface area contributed by atoms with Crippen molar-refractivity contribution in [3.8, 4) is 11.5 Å². The number of fused-ring (bicyclic) bond motifs is 1. The molecule has 1 atom stereocenters. The van der Waals surface area contributed by atoms with Crippen LogP contribution in [0.15, 0.2) is 53.4 Å². The summed E-state index contributed by atoms with van der Waals surface area (Å²) in [5.74, 6) is 2.65. The fraction of sp³-hybridized carbons (Fsp3) is 0.381. The first-order valence-corrected chi connectivity index (χ1v) is 10.2. The van der Waals surface area contributed by atoms with E-state index in [1.165, 1.54) is 4.90 Å². The van der Waals surface area contributed by atoms with E-state index in [4.69, 9.17) is 9.47 Å². The highest BCUT2D eigenvalue weighted by atomic mass is 32.2. The highest BCUT2D eigenvalue weighted by Crippen LogP contribution is 2.38. The van der Waals surface area contributed by atoms with Crippen molar-refractivity contribution in [1.29, 1.82) is 0 Å². The molecule has 1 fully saturated rings. The Bertz CT molecular complexity index is 765. The molecule has 0 radical (unpaired) electrons. The summed E-state index contributed by atoms with van der Waals surface area (Å²) in [5.41, 5.74) is 1.15. The van der Waals surface area contributed by atoms with Crippen LogP contribution >= 0.6 is 11.8 Å². The molecule has 1 unspecified atom stereocenters. The molecule has 0 saturated carbocycles. The molecule has 1 saturated heterocycles. The average Bonchev–Trinajstić information content (AvgIpc) is 3.18. The first-order chi connectivity index (χ1) is 12.8. The lowest BCUT2D eigenvalue weighted by Crippen LogP contribution is -2.30. The number of hydrogen-bond donors (Lipinski definition) is 0. The van der Waals surface area contributed by atoms with Crippen LogP contribution in [0.4, 0.5) is 0 Å². The summed E-state index contributed by atoms with van der Waals surface area (Å²) in [4.78, 5) is 16.0. The normalized spacial score (nSPS) is 18.8. The maximum atomic E-state index is 12.8. The van der Waals surface area contributed by atoms with Crippen LogP contribution in [0.3, 0.4) is 0 Å². The molecule has 2 aromatic rings. The second-order valence-electron chi connectivity index (χ2n) is 6.56. The van der Waals surface area contributed by atoms with Crippen LogP contribution in [0.25, 0.3) is 0 Å². The summed E-state index contributed by atoms with van der Waals surface area (Å²) < 4.78 is 11.3. The number of thioether (sulfide) groups is 1. The Morgan fingerprint density at radius 2 is 1.88 bits per heavy atom. The van der Waals surface area contributed by atoms with E-state index in [9.17, 15) is 4.79 Å². The third-order valence-corrected chi connectivity index (χ3v) is 5.87. The largest absolute Gasteiger partial charge is 0.486 e. The van der Waals surface area contributed by atoms with Crippen molar-refractivity contribution in [3.63, 3.8) is 0 Å². The molecule has 1 amide bonds. The molecule has 26 heavy (non-hydrogen) atoms. The van der Waals surface area contributed by atoms with Crippen molar-refractivity contribution in [2.75, 3.05) is 25.5 Å². The molecule has 0 aromatic heterocycles. The fourth-order valence-corrected chi connectivity index (χ4v) is 4.46. The molecule has 2 aromatic carbocycles. The van der Waals surface area contributed by atoms with Crippen LogP contribution in [0.1, 0.15) is 30.9 Å². The van der Waals surface area contributed by atoms with Gasteiger partial charge in [-0.3, -0.25) is 4.79 Å². The second kappa shape index (κ2) is 8.04. The molecule has 0 bridgehead atoms. The minimum Gasteiger partial charge on any atom is -0.486 e. The van der Waals surface area contributed by atoms with Gasteiger partial charge in [-0.05, 0) is 42.7 Å². The first-order valence-electron chi connectivity index (χ1n) is 9.18. The highest BCUT2D eigenvalue weighted by molar-refractivity contribution is 7.99. The zero-order valence-electron chi connectivity index (χ0n) is 14.7. The van der Waals surface area contributed by atoms with E-state index in [-0.39, 0.29) is 11.9 Å². The predicted octanol–water partition coefficient (Wildman–Crippen LogP) is 4.30. The third kappa shape index (κ3) is 3.83. The standard InChI is InChI=1S/C21H23NO3S/c23-21(10-14-26-17-5-2-1-3-6-17)22-11-4-7-18(22)16-8-9-19-20(15-16)25-13-12-24-19/h1-3,5-6,8-9,15,18H,4,7,10-14H2. The van der Waals surface area contributed by atoms with Crippen LogP contribution in [-0.2, 0) is 4.79 Å². The smallest absolute Gasteiger partial charge is 0.223 e. The Balaban J connectivity index is 1.39. The molecular weight excluding hydrogens is 346 g/mol. The molecule has 2 aliphatic heterocycles. The van der Waals surface area contributed by atoms with Crippen molar-refractivity contribution >= 4 is 17.7 Å². The van der Waals surface area contributed by atoms with Gasteiger partial charge in [-0.25, -0.2) is 0 Å². The maximum Gasteiger partial charge on any atom is 0.223 e. The second-order valence-corrected chi connectivity index (χ2v) is 7.73. The van der Waals surface area contributed by atoms with Gasteiger partial charge in [0.05, 0.1) is 6.04 Å². The van der Waals surface area contributed by atoms with Crippen molar-refractivity contribution in [2.24, 2.45) is 0 Å². The minimum absolute atomic E-state index is 0.153. The summed E-state index contributed by atoms with van der Waals surface area (Å²) in [5, 5.41) is 0. The molecule has 4 rings (SSSR count). The molecule has 2 aliphatic rings. The van der Waals surface area contributed by atoms with Crippen molar-refractivity contribution in [2.45, 2.75) is 30.2 Å². The van der Waals surface area contributed by atoms with E-state index < -0.39 is 0 Å². The van der Waals surface area contributed by atoms with Crippen molar-refractivity contribution in [3.05, 3.63) is 54.1 Å². The Hall–Kier alpha value is -2.14. The summed E-state index contributed by atoms with van der Waals surface area (Å²) in [6.45, 7) is 2.02. The molecule has 4 nitrogen and oxygen atoms in total. The van der Waals surface area contributed by atoms with Crippen LogP contribution in [-0.4, -0.2) is 36.3 Å². The fourth-order valence-electron chi connectivity index (χ4n) is 3.60. The number of carbonyl (C=O) groups is 1. The zero-order chi connectivity index (χ0) is 17.8. The maximum absolute atomic E-state index is 12.8. The van der Waals surface area contributed by atoms with Gasteiger partial charge in [0.25, 0.3) is 0 Å². The number of likely N-dealkylation sites (tertiary alicyclic amines) is 1. The first kappa shape index (κ1) is 17.3. The van der Waals surface area contributed by atoms with Gasteiger partial charge in [0.15, 0.2) is 11.5 Å². The van der Waals surface area contributed by atoms with Crippen LogP contribution < -0.4 is 9.47 Å². The average molecular weight is 369 g/mol. The van der Waals surface area contributed by atoms with Gasteiger partial charge in [-0.15, -0.1) is 11.8 Å². The molecule has 136 valence electrons. The van der Waals surface area contributed by atoms with Crippen LogP contribution in [0.5, 0.6) is 11.5 Å². The van der Waals surface area contributed by atoms with Gasteiger partial charge in [0.1, 0.15) is 13.2 Å². The summed E-state index contributed by atoms with van der Waals surface area (Å²) in [7, 11) is 0. The number of benzene rings is 2. The number of amides is 1. The topological polar surface area (TPSA) is 38.8 Å². The van der Waals surface area contributed by atoms with E-state index in [0.29, 0.717) is 19.6 Å². The minimum atomic E-state index is 0.153. The van der Waals surface area contributed by atoms with E-state index in [0.717, 1.165) is 42.2 Å². The summed E-state index contributed by atoms with van der Waals surface area (Å²) in [6, 6.07) is 16.5. The van der Waals surface area contributed by atoms with E-state index >= 15 is 0 Å². The van der Waals surface area contributed by atoms with Gasteiger partial charge in [0.2, 0.25) is 5.91 Å². The van der Waals surface area contributed by atoms with Crippen LogP contribution in [0.2, 0.25) is 0 Å². The lowest BCUT2D eigenvalue weighted by atomic mass is 10.0. The Morgan fingerprint density at radius 3 is 2.73 bits per heavy atom. The van der Waals surface area contributed by atoms with Gasteiger partial charge in [-0.2, -0.15) is 0 Å². The van der Waals surface area contributed by atoms with E-state index in [2.05, 4.69) is 18.2 Å². The Morgan fingerprint density at radius 1 is 1.08 bits per heavy atom. The van der Waals surface area contributed by atoms with Gasteiger partial charge < -0.3 is 14.4 Å². The Kier molecular flexibility index (Phi) is 5.34.